The first kappa shape index (κ1) is 9.00. The molecule has 1 aliphatic heterocycles. The Balaban J connectivity index is 2.43. The van der Waals surface area contributed by atoms with Gasteiger partial charge in [0.1, 0.15) is 5.84 Å². The molecule has 1 aliphatic carbocycles. The molecule has 1 fully saturated rings. The Labute approximate surface area is 84.6 Å². The Bertz CT molecular complexity index is 381. The van der Waals surface area contributed by atoms with Crippen molar-refractivity contribution in [3.8, 4) is 0 Å². The standard InChI is InChI=1S/C12H14N2/c1-13-12-9-10-7-5-3-4-6-8-11(10)14(12)2/h3-8H,9H2,1-2H3/b4-3?,5-3-,6-4-,7-5?,8-6?,10-7-,11-8+,13-12-. The van der Waals surface area contributed by atoms with Gasteiger partial charge in [0.2, 0.25) is 0 Å². The van der Waals surface area contributed by atoms with Gasteiger partial charge < -0.3 is 4.90 Å². The fraction of sp³-hybridized carbons (Fsp3) is 0.250. The van der Waals surface area contributed by atoms with E-state index in [4.69, 9.17) is 0 Å². The van der Waals surface area contributed by atoms with Crippen LogP contribution in [0.4, 0.5) is 0 Å². The lowest BCUT2D eigenvalue weighted by Crippen LogP contribution is -2.17. The van der Waals surface area contributed by atoms with E-state index >= 15 is 0 Å². The van der Waals surface area contributed by atoms with Gasteiger partial charge in [-0.1, -0.05) is 30.4 Å². The highest BCUT2D eigenvalue weighted by Gasteiger charge is 2.23. The summed E-state index contributed by atoms with van der Waals surface area (Å²) in [5.74, 6) is 1.13. The summed E-state index contributed by atoms with van der Waals surface area (Å²) in [6, 6.07) is 0. The molecule has 0 aromatic heterocycles. The quantitative estimate of drug-likeness (QED) is 0.566. The van der Waals surface area contributed by atoms with Gasteiger partial charge in [-0.3, -0.25) is 4.99 Å². The third kappa shape index (κ3) is 1.43. The van der Waals surface area contributed by atoms with Crippen molar-refractivity contribution >= 4 is 5.84 Å². The molecule has 2 nitrogen and oxygen atoms in total. The summed E-state index contributed by atoms with van der Waals surface area (Å²) in [6.07, 6.45) is 13.4. The summed E-state index contributed by atoms with van der Waals surface area (Å²) in [5.41, 5.74) is 2.60. The number of aliphatic imine (C=N–C) groups is 1. The van der Waals surface area contributed by atoms with Gasteiger partial charge in [0.25, 0.3) is 0 Å². The summed E-state index contributed by atoms with van der Waals surface area (Å²) < 4.78 is 0. The molecule has 0 unspecified atom stereocenters. The first-order valence-electron chi connectivity index (χ1n) is 4.77. The van der Waals surface area contributed by atoms with E-state index < -0.39 is 0 Å². The molecule has 0 spiro atoms. The van der Waals surface area contributed by atoms with Crippen LogP contribution in [0.15, 0.2) is 52.7 Å². The number of fused-ring (bicyclic) bond motifs is 1. The van der Waals surface area contributed by atoms with Crippen molar-refractivity contribution < 1.29 is 0 Å². The highest BCUT2D eigenvalue weighted by Crippen LogP contribution is 2.28. The summed E-state index contributed by atoms with van der Waals surface area (Å²) in [4.78, 5) is 6.41. The van der Waals surface area contributed by atoms with E-state index in [0.29, 0.717) is 0 Å². The smallest absolute Gasteiger partial charge is 0.107 e. The van der Waals surface area contributed by atoms with Crippen molar-refractivity contribution in [2.75, 3.05) is 14.1 Å². The van der Waals surface area contributed by atoms with Crippen LogP contribution in [0, 0.1) is 0 Å². The number of likely N-dealkylation sites (tertiary alicyclic amines) is 1. The van der Waals surface area contributed by atoms with Gasteiger partial charge in [-0.25, -0.2) is 0 Å². The molecule has 2 rings (SSSR count). The minimum absolute atomic E-state index is 0.941. The predicted molar refractivity (Wildman–Crippen MR) is 60.2 cm³/mol. The molecule has 72 valence electrons. The van der Waals surface area contributed by atoms with E-state index in [9.17, 15) is 0 Å². The number of nitrogens with zero attached hydrogens (tertiary/aromatic N) is 2. The molecule has 0 N–H and O–H groups in total. The van der Waals surface area contributed by atoms with Crippen molar-refractivity contribution in [1.82, 2.24) is 4.90 Å². The maximum Gasteiger partial charge on any atom is 0.107 e. The molecule has 0 radical (unpaired) electrons. The Morgan fingerprint density at radius 2 is 1.86 bits per heavy atom. The van der Waals surface area contributed by atoms with Crippen LogP contribution in [0.25, 0.3) is 0 Å². The number of hydrogen-bond donors (Lipinski definition) is 0. The van der Waals surface area contributed by atoms with Crippen molar-refractivity contribution in [2.24, 2.45) is 4.99 Å². The molecule has 2 aliphatic rings. The summed E-state index contributed by atoms with van der Waals surface area (Å²) in [5, 5.41) is 0. The average molecular weight is 186 g/mol. The summed E-state index contributed by atoms with van der Waals surface area (Å²) >= 11 is 0. The topological polar surface area (TPSA) is 15.6 Å². The highest BCUT2D eigenvalue weighted by atomic mass is 15.2. The molecule has 0 atom stereocenters. The lowest BCUT2D eigenvalue weighted by Gasteiger charge is -2.13. The van der Waals surface area contributed by atoms with Crippen LogP contribution in [0.2, 0.25) is 0 Å². The molecule has 1 saturated heterocycles. The van der Waals surface area contributed by atoms with E-state index in [0.717, 1.165) is 12.3 Å². The first-order valence-corrected chi connectivity index (χ1v) is 4.77. The fourth-order valence-electron chi connectivity index (χ4n) is 1.77. The van der Waals surface area contributed by atoms with Gasteiger partial charge in [0.05, 0.1) is 0 Å². The Morgan fingerprint density at radius 3 is 2.57 bits per heavy atom. The van der Waals surface area contributed by atoms with Gasteiger partial charge in [-0.05, 0) is 11.6 Å². The second kappa shape index (κ2) is 3.66. The van der Waals surface area contributed by atoms with Crippen molar-refractivity contribution in [1.29, 1.82) is 0 Å². The molecular formula is C12H14N2. The molecule has 0 bridgehead atoms. The molecule has 0 saturated carbocycles. The minimum atomic E-state index is 0.941. The molecule has 2 heteroatoms. The van der Waals surface area contributed by atoms with Crippen LogP contribution in [0.1, 0.15) is 6.42 Å². The fourth-order valence-corrected chi connectivity index (χ4v) is 1.77. The third-order valence-electron chi connectivity index (χ3n) is 2.57. The average Bonchev–Trinajstić information content (AvgIpc) is 2.42. The van der Waals surface area contributed by atoms with Crippen LogP contribution in [-0.4, -0.2) is 24.8 Å². The Kier molecular flexibility index (Phi) is 2.35. The maximum atomic E-state index is 4.27. The predicted octanol–water partition coefficient (Wildman–Crippen LogP) is 2.29. The van der Waals surface area contributed by atoms with Crippen LogP contribution in [0.3, 0.4) is 0 Å². The van der Waals surface area contributed by atoms with E-state index in [-0.39, 0.29) is 0 Å². The van der Waals surface area contributed by atoms with Gasteiger partial charge in [-0.15, -0.1) is 0 Å². The SMILES string of the molecule is C/N=C1/CC2=C/C=C\C=C/C=C\2N1C. The summed E-state index contributed by atoms with van der Waals surface area (Å²) in [6.45, 7) is 0. The normalized spacial score (nSPS) is 35.0. The maximum absolute atomic E-state index is 4.27. The third-order valence-corrected chi connectivity index (χ3v) is 2.57. The molecule has 14 heavy (non-hydrogen) atoms. The highest BCUT2D eigenvalue weighted by molar-refractivity contribution is 5.91. The zero-order valence-electron chi connectivity index (χ0n) is 8.57. The zero-order chi connectivity index (χ0) is 9.97. The Hall–Kier alpha value is -1.57. The summed E-state index contributed by atoms with van der Waals surface area (Å²) in [7, 11) is 3.91. The molecule has 1 heterocycles. The second-order valence-corrected chi connectivity index (χ2v) is 3.39. The van der Waals surface area contributed by atoms with Gasteiger partial charge in [-0.2, -0.15) is 0 Å². The number of allylic oxidation sites excluding steroid dienone is 7. The number of likely N-dealkylation sites (N-methyl/N-ethyl adjacent to an activating group) is 1. The first-order chi connectivity index (χ1) is 6.83. The number of amidine groups is 1. The van der Waals surface area contributed by atoms with Crippen molar-refractivity contribution in [2.45, 2.75) is 6.42 Å². The van der Waals surface area contributed by atoms with Crippen molar-refractivity contribution in [3.05, 3.63) is 47.7 Å². The van der Waals surface area contributed by atoms with Crippen LogP contribution >= 0.6 is 0 Å². The number of hydrogen-bond acceptors (Lipinski definition) is 1. The monoisotopic (exact) mass is 186 g/mol. The van der Waals surface area contributed by atoms with Gasteiger partial charge >= 0.3 is 0 Å². The van der Waals surface area contributed by atoms with Gasteiger partial charge in [0.15, 0.2) is 0 Å². The van der Waals surface area contributed by atoms with Gasteiger partial charge in [0, 0.05) is 26.2 Å². The van der Waals surface area contributed by atoms with Crippen LogP contribution in [-0.2, 0) is 0 Å². The zero-order valence-corrected chi connectivity index (χ0v) is 8.57. The largest absolute Gasteiger partial charge is 0.333 e. The van der Waals surface area contributed by atoms with E-state index in [1.807, 2.05) is 19.2 Å². The second-order valence-electron chi connectivity index (χ2n) is 3.39. The molecule has 0 amide bonds. The number of rotatable bonds is 0. The van der Waals surface area contributed by atoms with E-state index in [2.05, 4.69) is 41.2 Å². The van der Waals surface area contributed by atoms with Crippen LogP contribution in [0.5, 0.6) is 0 Å². The molecule has 0 aromatic rings. The molecule has 0 aromatic carbocycles. The lowest BCUT2D eigenvalue weighted by atomic mass is 10.1. The minimum Gasteiger partial charge on any atom is -0.333 e. The lowest BCUT2D eigenvalue weighted by molar-refractivity contribution is 0.662. The van der Waals surface area contributed by atoms with E-state index in [1.54, 1.807) is 0 Å². The van der Waals surface area contributed by atoms with E-state index in [1.165, 1.54) is 11.3 Å². The van der Waals surface area contributed by atoms with Crippen molar-refractivity contribution in [3.63, 3.8) is 0 Å². The molecular weight excluding hydrogens is 172 g/mol. The van der Waals surface area contributed by atoms with Crippen LogP contribution < -0.4 is 0 Å². The Morgan fingerprint density at radius 1 is 1.14 bits per heavy atom.